The van der Waals surface area contributed by atoms with Crippen LogP contribution in [0.1, 0.15) is 10.4 Å². The number of carbonyl (C=O) groups is 1. The summed E-state index contributed by atoms with van der Waals surface area (Å²) in [6.07, 6.45) is 6.18. The molecule has 1 aromatic heterocycles. The molecule has 0 saturated heterocycles. The summed E-state index contributed by atoms with van der Waals surface area (Å²) in [4.78, 5) is 12.6. The van der Waals surface area contributed by atoms with E-state index in [9.17, 15) is 4.79 Å². The summed E-state index contributed by atoms with van der Waals surface area (Å²) < 4.78 is 1.57. The van der Waals surface area contributed by atoms with Crippen molar-refractivity contribution in [2.75, 3.05) is 14.1 Å². The SMILES string of the molecule is C=CN/C=C(/Cn1cc(C(=O)O)cn1)N(C)C. The molecule has 0 radical (unpaired) electrons. The zero-order valence-corrected chi connectivity index (χ0v) is 9.92. The molecule has 0 amide bonds. The van der Waals surface area contributed by atoms with E-state index >= 15 is 0 Å². The third kappa shape index (κ3) is 3.67. The summed E-state index contributed by atoms with van der Waals surface area (Å²) in [5.41, 5.74) is 1.13. The van der Waals surface area contributed by atoms with Crippen molar-refractivity contribution in [1.29, 1.82) is 0 Å². The lowest BCUT2D eigenvalue weighted by Gasteiger charge is -2.17. The van der Waals surface area contributed by atoms with Crippen molar-refractivity contribution in [3.63, 3.8) is 0 Å². The van der Waals surface area contributed by atoms with Gasteiger partial charge in [0.05, 0.1) is 24.0 Å². The number of nitrogens with one attached hydrogen (secondary N) is 1. The molecule has 0 aromatic carbocycles. The molecule has 1 rings (SSSR count). The van der Waals surface area contributed by atoms with Crippen molar-refractivity contribution in [2.24, 2.45) is 0 Å². The third-order valence-corrected chi connectivity index (χ3v) is 2.15. The Morgan fingerprint density at radius 1 is 1.71 bits per heavy atom. The van der Waals surface area contributed by atoms with Crippen LogP contribution < -0.4 is 5.32 Å². The Bertz CT molecular complexity index is 434. The largest absolute Gasteiger partial charge is 0.478 e. The average Bonchev–Trinajstić information content (AvgIpc) is 2.72. The minimum absolute atomic E-state index is 0.180. The van der Waals surface area contributed by atoms with Crippen LogP contribution in [-0.4, -0.2) is 39.9 Å². The first-order valence-corrected chi connectivity index (χ1v) is 5.03. The quantitative estimate of drug-likeness (QED) is 0.761. The maximum absolute atomic E-state index is 10.7. The normalized spacial score (nSPS) is 11.1. The first-order valence-electron chi connectivity index (χ1n) is 5.03. The van der Waals surface area contributed by atoms with Gasteiger partial charge in [-0.25, -0.2) is 4.79 Å². The van der Waals surface area contributed by atoms with Crippen molar-refractivity contribution in [1.82, 2.24) is 20.0 Å². The van der Waals surface area contributed by atoms with Gasteiger partial charge in [-0.1, -0.05) is 6.58 Å². The van der Waals surface area contributed by atoms with E-state index in [2.05, 4.69) is 17.0 Å². The van der Waals surface area contributed by atoms with Gasteiger partial charge in [0.2, 0.25) is 0 Å². The number of rotatable bonds is 6. The molecule has 0 spiro atoms. The second kappa shape index (κ2) is 5.74. The molecule has 0 aliphatic rings. The van der Waals surface area contributed by atoms with Gasteiger partial charge in [-0.2, -0.15) is 5.10 Å². The lowest BCUT2D eigenvalue weighted by Crippen LogP contribution is -2.18. The summed E-state index contributed by atoms with van der Waals surface area (Å²) >= 11 is 0. The zero-order valence-electron chi connectivity index (χ0n) is 9.92. The molecule has 1 aromatic rings. The number of hydrogen-bond donors (Lipinski definition) is 2. The Hall–Kier alpha value is -2.24. The van der Waals surface area contributed by atoms with Gasteiger partial charge in [-0.3, -0.25) is 4.68 Å². The third-order valence-electron chi connectivity index (χ3n) is 2.15. The highest BCUT2D eigenvalue weighted by Crippen LogP contribution is 2.04. The van der Waals surface area contributed by atoms with Gasteiger partial charge in [0, 0.05) is 26.5 Å². The summed E-state index contributed by atoms with van der Waals surface area (Å²) in [5, 5.41) is 15.6. The molecule has 17 heavy (non-hydrogen) atoms. The van der Waals surface area contributed by atoms with E-state index in [4.69, 9.17) is 5.11 Å². The van der Waals surface area contributed by atoms with Crippen LogP contribution >= 0.6 is 0 Å². The number of aromatic nitrogens is 2. The molecule has 0 atom stereocenters. The van der Waals surface area contributed by atoms with E-state index in [1.165, 1.54) is 12.4 Å². The van der Waals surface area contributed by atoms with Crippen LogP contribution in [0.4, 0.5) is 0 Å². The first kappa shape index (κ1) is 12.8. The zero-order chi connectivity index (χ0) is 12.8. The molecule has 0 aliphatic heterocycles. The molecule has 0 bridgehead atoms. The number of aromatic carboxylic acids is 1. The lowest BCUT2D eigenvalue weighted by molar-refractivity contribution is 0.0697. The molecule has 1 heterocycles. The number of hydrogen-bond acceptors (Lipinski definition) is 4. The fraction of sp³-hybridized carbons (Fsp3) is 0.273. The Morgan fingerprint density at radius 2 is 2.41 bits per heavy atom. The van der Waals surface area contributed by atoms with E-state index in [1.807, 2.05) is 19.0 Å². The minimum Gasteiger partial charge on any atom is -0.478 e. The summed E-state index contributed by atoms with van der Waals surface area (Å²) in [5.74, 6) is -0.976. The first-order chi connectivity index (χ1) is 8.04. The maximum Gasteiger partial charge on any atom is 0.338 e. The van der Waals surface area contributed by atoms with Crippen LogP contribution in [0.5, 0.6) is 0 Å². The molecule has 92 valence electrons. The molecule has 0 aliphatic carbocycles. The highest BCUT2D eigenvalue weighted by Gasteiger charge is 2.07. The fourth-order valence-electron chi connectivity index (χ4n) is 1.20. The molecule has 2 N–H and O–H groups in total. The topological polar surface area (TPSA) is 70.4 Å². The number of carboxylic acids is 1. The van der Waals surface area contributed by atoms with Gasteiger partial charge < -0.3 is 15.3 Å². The lowest BCUT2D eigenvalue weighted by atomic mass is 10.4. The van der Waals surface area contributed by atoms with E-state index in [1.54, 1.807) is 17.1 Å². The van der Waals surface area contributed by atoms with Crippen LogP contribution in [0.15, 0.2) is 37.1 Å². The Balaban J connectivity index is 2.78. The standard InChI is InChI=1S/C11H16N4O2/c1-4-12-6-10(14(2)3)8-15-7-9(5-13-15)11(16)17/h4-7,12H,1,8H2,2-3H3,(H,16,17)/b10-6-. The van der Waals surface area contributed by atoms with E-state index in [0.717, 1.165) is 5.70 Å². The monoisotopic (exact) mass is 236 g/mol. The fourth-order valence-corrected chi connectivity index (χ4v) is 1.20. The molecule has 0 saturated carbocycles. The van der Waals surface area contributed by atoms with Gasteiger partial charge >= 0.3 is 5.97 Å². The van der Waals surface area contributed by atoms with Gasteiger partial charge in [0.25, 0.3) is 0 Å². The highest BCUT2D eigenvalue weighted by molar-refractivity contribution is 5.86. The number of nitrogens with zero attached hydrogens (tertiary/aromatic N) is 3. The average molecular weight is 236 g/mol. The number of likely N-dealkylation sites (N-methyl/N-ethyl adjacent to an activating group) is 1. The van der Waals surface area contributed by atoms with Crippen molar-refractivity contribution in [2.45, 2.75) is 6.54 Å². The highest BCUT2D eigenvalue weighted by atomic mass is 16.4. The molecular weight excluding hydrogens is 220 g/mol. The smallest absolute Gasteiger partial charge is 0.338 e. The van der Waals surface area contributed by atoms with Gasteiger partial charge in [0.1, 0.15) is 0 Å². The van der Waals surface area contributed by atoms with Crippen molar-refractivity contribution in [3.05, 3.63) is 42.6 Å². The Kier molecular flexibility index (Phi) is 4.33. The van der Waals surface area contributed by atoms with Crippen LogP contribution in [0.3, 0.4) is 0 Å². The van der Waals surface area contributed by atoms with Gasteiger partial charge in [-0.15, -0.1) is 0 Å². The predicted octanol–water partition coefficient (Wildman–Crippen LogP) is 0.717. The van der Waals surface area contributed by atoms with Crippen molar-refractivity contribution < 1.29 is 9.90 Å². The minimum atomic E-state index is -0.976. The predicted molar refractivity (Wildman–Crippen MR) is 64.3 cm³/mol. The molecule has 0 fully saturated rings. The van der Waals surface area contributed by atoms with E-state index < -0.39 is 5.97 Å². The van der Waals surface area contributed by atoms with Gasteiger partial charge in [-0.05, 0) is 6.20 Å². The van der Waals surface area contributed by atoms with E-state index in [-0.39, 0.29) is 5.56 Å². The van der Waals surface area contributed by atoms with Crippen LogP contribution in [0, 0.1) is 0 Å². The number of carboxylic acid groups (broad SMARTS) is 1. The molecular formula is C11H16N4O2. The summed E-state index contributed by atoms with van der Waals surface area (Å²) in [7, 11) is 3.80. The van der Waals surface area contributed by atoms with Crippen LogP contribution in [0.25, 0.3) is 0 Å². The van der Waals surface area contributed by atoms with E-state index in [0.29, 0.717) is 6.54 Å². The molecule has 6 heteroatoms. The second-order valence-electron chi connectivity index (χ2n) is 3.63. The maximum atomic E-state index is 10.7. The van der Waals surface area contributed by atoms with Crippen LogP contribution in [-0.2, 0) is 6.54 Å². The van der Waals surface area contributed by atoms with Crippen LogP contribution in [0.2, 0.25) is 0 Å². The Labute approximate surface area is 99.8 Å². The second-order valence-corrected chi connectivity index (χ2v) is 3.63. The molecule has 6 nitrogen and oxygen atoms in total. The Morgan fingerprint density at radius 3 is 2.88 bits per heavy atom. The summed E-state index contributed by atoms with van der Waals surface area (Å²) in [6, 6.07) is 0. The molecule has 0 unspecified atom stereocenters. The van der Waals surface area contributed by atoms with Crippen molar-refractivity contribution >= 4 is 5.97 Å². The number of allylic oxidation sites excluding steroid dienone is 1. The van der Waals surface area contributed by atoms with Gasteiger partial charge in [0.15, 0.2) is 0 Å². The van der Waals surface area contributed by atoms with Crippen molar-refractivity contribution in [3.8, 4) is 0 Å². The summed E-state index contributed by atoms with van der Waals surface area (Å²) in [6.45, 7) is 4.04.